The predicted octanol–water partition coefficient (Wildman–Crippen LogP) is 0.818. The number of sulfone groups is 1. The average Bonchev–Trinajstić information content (AvgIpc) is 2.15. The van der Waals surface area contributed by atoms with E-state index >= 15 is 0 Å². The molecule has 0 aliphatic carbocycles. The van der Waals surface area contributed by atoms with E-state index in [2.05, 4.69) is 10.3 Å². The zero-order chi connectivity index (χ0) is 13.1. The van der Waals surface area contributed by atoms with E-state index in [0.717, 1.165) is 11.8 Å². The number of aromatic nitrogens is 1. The first kappa shape index (κ1) is 13.9. The number of hydrogen-bond donors (Lipinski definition) is 1. The van der Waals surface area contributed by atoms with Crippen LogP contribution in [0.3, 0.4) is 0 Å². The van der Waals surface area contributed by atoms with Gasteiger partial charge < -0.3 is 5.32 Å². The van der Waals surface area contributed by atoms with Gasteiger partial charge in [-0.05, 0) is 18.6 Å². The number of aryl methyl sites for hydroxylation is 1. The molecule has 0 radical (unpaired) electrons. The quantitative estimate of drug-likeness (QED) is 0.883. The second-order valence-electron chi connectivity index (χ2n) is 3.73. The molecule has 0 aromatic carbocycles. The van der Waals surface area contributed by atoms with E-state index in [1.807, 2.05) is 6.92 Å². The van der Waals surface area contributed by atoms with Gasteiger partial charge in [-0.1, -0.05) is 11.6 Å². The molecule has 17 heavy (non-hydrogen) atoms. The van der Waals surface area contributed by atoms with Crippen molar-refractivity contribution in [3.8, 4) is 0 Å². The number of hydrogen-bond acceptors (Lipinski definition) is 4. The number of rotatable bonds is 4. The normalized spacial score (nSPS) is 11.2. The standard InChI is InChI=1S/C10H13ClN2O3S/c1-7-5-8(11)9(13-6-7)10(14)12-3-4-17(2,15)16/h5-6H,3-4H2,1-2H3,(H,12,14). The minimum Gasteiger partial charge on any atom is -0.350 e. The number of halogens is 1. The van der Waals surface area contributed by atoms with Gasteiger partial charge in [0.15, 0.2) is 0 Å². The van der Waals surface area contributed by atoms with Gasteiger partial charge in [0.25, 0.3) is 5.91 Å². The summed E-state index contributed by atoms with van der Waals surface area (Å²) >= 11 is 5.85. The third kappa shape index (κ3) is 4.70. The van der Waals surface area contributed by atoms with Crippen molar-refractivity contribution in [2.75, 3.05) is 18.6 Å². The van der Waals surface area contributed by atoms with E-state index in [1.54, 1.807) is 6.07 Å². The van der Waals surface area contributed by atoms with Gasteiger partial charge in [-0.3, -0.25) is 4.79 Å². The van der Waals surface area contributed by atoms with Gasteiger partial charge in [0.1, 0.15) is 15.5 Å². The summed E-state index contributed by atoms with van der Waals surface area (Å²) < 4.78 is 21.7. The van der Waals surface area contributed by atoms with Crippen LogP contribution in [0.4, 0.5) is 0 Å². The molecule has 1 aromatic rings. The highest BCUT2D eigenvalue weighted by molar-refractivity contribution is 7.90. The Morgan fingerprint density at radius 3 is 2.71 bits per heavy atom. The highest BCUT2D eigenvalue weighted by Gasteiger charge is 2.12. The molecule has 0 unspecified atom stereocenters. The van der Waals surface area contributed by atoms with Gasteiger partial charge in [0.05, 0.1) is 10.8 Å². The van der Waals surface area contributed by atoms with Crippen LogP contribution in [-0.2, 0) is 9.84 Å². The first-order valence-corrected chi connectivity index (χ1v) is 7.31. The zero-order valence-corrected chi connectivity index (χ0v) is 11.1. The molecular formula is C10H13ClN2O3S. The number of amides is 1. The molecule has 1 N–H and O–H groups in total. The molecule has 0 aliphatic rings. The van der Waals surface area contributed by atoms with Gasteiger partial charge in [0.2, 0.25) is 0 Å². The van der Waals surface area contributed by atoms with E-state index < -0.39 is 15.7 Å². The molecule has 0 saturated carbocycles. The summed E-state index contributed by atoms with van der Waals surface area (Å²) in [5, 5.41) is 2.70. The minimum absolute atomic E-state index is 0.0452. The lowest BCUT2D eigenvalue weighted by molar-refractivity contribution is 0.0951. The maximum atomic E-state index is 11.6. The molecule has 0 aliphatic heterocycles. The number of nitrogens with one attached hydrogen (secondary N) is 1. The summed E-state index contributed by atoms with van der Waals surface area (Å²) in [5.74, 6) is -0.582. The molecule has 0 fully saturated rings. The smallest absolute Gasteiger partial charge is 0.271 e. The highest BCUT2D eigenvalue weighted by Crippen LogP contribution is 2.14. The predicted molar refractivity (Wildman–Crippen MR) is 66.0 cm³/mol. The van der Waals surface area contributed by atoms with Crippen molar-refractivity contribution in [1.82, 2.24) is 10.3 Å². The molecule has 1 aromatic heterocycles. The Hall–Kier alpha value is -1.14. The van der Waals surface area contributed by atoms with E-state index in [4.69, 9.17) is 11.6 Å². The molecule has 0 saturated heterocycles. The fourth-order valence-corrected chi connectivity index (χ4v) is 1.91. The summed E-state index contributed by atoms with van der Waals surface area (Å²) in [6.07, 6.45) is 2.63. The Bertz CT molecular complexity index is 528. The van der Waals surface area contributed by atoms with Gasteiger partial charge >= 0.3 is 0 Å². The van der Waals surface area contributed by atoms with Crippen molar-refractivity contribution < 1.29 is 13.2 Å². The van der Waals surface area contributed by atoms with Crippen LogP contribution in [0.15, 0.2) is 12.3 Å². The average molecular weight is 277 g/mol. The van der Waals surface area contributed by atoms with Crippen LogP contribution in [0.25, 0.3) is 0 Å². The number of pyridine rings is 1. The lowest BCUT2D eigenvalue weighted by atomic mass is 10.2. The largest absolute Gasteiger partial charge is 0.350 e. The Labute approximate surface area is 105 Å². The van der Waals surface area contributed by atoms with Crippen LogP contribution < -0.4 is 5.32 Å². The summed E-state index contributed by atoms with van der Waals surface area (Å²) in [7, 11) is -3.09. The molecule has 94 valence electrons. The highest BCUT2D eigenvalue weighted by atomic mass is 35.5. The second-order valence-corrected chi connectivity index (χ2v) is 6.40. The Kier molecular flexibility index (Phi) is 4.47. The summed E-state index contributed by atoms with van der Waals surface area (Å²) in [6, 6.07) is 1.63. The van der Waals surface area contributed by atoms with E-state index in [0.29, 0.717) is 0 Å². The fraction of sp³-hybridized carbons (Fsp3) is 0.400. The van der Waals surface area contributed by atoms with Crippen LogP contribution >= 0.6 is 11.6 Å². The number of carbonyl (C=O) groups is 1. The number of carbonyl (C=O) groups excluding carboxylic acids is 1. The van der Waals surface area contributed by atoms with E-state index in [1.165, 1.54) is 6.20 Å². The van der Waals surface area contributed by atoms with E-state index in [-0.39, 0.29) is 23.0 Å². The first-order chi connectivity index (χ1) is 7.79. The Balaban J connectivity index is 2.65. The Morgan fingerprint density at radius 2 is 2.18 bits per heavy atom. The van der Waals surface area contributed by atoms with Gasteiger partial charge in [-0.25, -0.2) is 13.4 Å². The van der Waals surface area contributed by atoms with Gasteiger partial charge in [-0.2, -0.15) is 0 Å². The first-order valence-electron chi connectivity index (χ1n) is 4.87. The minimum atomic E-state index is -3.09. The molecule has 0 spiro atoms. The maximum Gasteiger partial charge on any atom is 0.271 e. The van der Waals surface area contributed by atoms with Crippen LogP contribution in [-0.4, -0.2) is 37.9 Å². The lowest BCUT2D eigenvalue weighted by Gasteiger charge is -2.05. The zero-order valence-electron chi connectivity index (χ0n) is 9.53. The van der Waals surface area contributed by atoms with Crippen molar-refractivity contribution >= 4 is 27.3 Å². The molecule has 0 atom stereocenters. The van der Waals surface area contributed by atoms with Crippen LogP contribution in [0.5, 0.6) is 0 Å². The van der Waals surface area contributed by atoms with Gasteiger partial charge in [0, 0.05) is 19.0 Å². The molecule has 7 heteroatoms. The van der Waals surface area contributed by atoms with Crippen molar-refractivity contribution in [2.24, 2.45) is 0 Å². The lowest BCUT2D eigenvalue weighted by Crippen LogP contribution is -2.29. The Morgan fingerprint density at radius 1 is 1.53 bits per heavy atom. The second kappa shape index (κ2) is 5.46. The molecule has 1 amide bonds. The van der Waals surface area contributed by atoms with Crippen LogP contribution in [0.2, 0.25) is 5.02 Å². The van der Waals surface area contributed by atoms with Crippen molar-refractivity contribution in [3.05, 3.63) is 28.5 Å². The maximum absolute atomic E-state index is 11.6. The van der Waals surface area contributed by atoms with Crippen LogP contribution in [0.1, 0.15) is 16.1 Å². The topological polar surface area (TPSA) is 76.1 Å². The monoisotopic (exact) mass is 276 g/mol. The summed E-state index contributed by atoms with van der Waals surface area (Å²) in [5.41, 5.74) is 0.952. The van der Waals surface area contributed by atoms with Crippen LogP contribution in [0, 0.1) is 6.92 Å². The fourth-order valence-electron chi connectivity index (χ4n) is 1.13. The molecule has 1 heterocycles. The third-order valence-corrected chi connectivity index (χ3v) is 3.19. The summed E-state index contributed by atoms with van der Waals surface area (Å²) in [4.78, 5) is 15.5. The van der Waals surface area contributed by atoms with Crippen molar-refractivity contribution in [1.29, 1.82) is 0 Å². The number of nitrogens with zero attached hydrogens (tertiary/aromatic N) is 1. The van der Waals surface area contributed by atoms with Crippen molar-refractivity contribution in [2.45, 2.75) is 6.92 Å². The SMILES string of the molecule is Cc1cnc(C(=O)NCCS(C)(=O)=O)c(Cl)c1. The molecule has 5 nitrogen and oxygen atoms in total. The molecular weight excluding hydrogens is 264 g/mol. The molecule has 1 rings (SSSR count). The van der Waals surface area contributed by atoms with Gasteiger partial charge in [-0.15, -0.1) is 0 Å². The summed E-state index contributed by atoms with van der Waals surface area (Å²) in [6.45, 7) is 1.85. The van der Waals surface area contributed by atoms with E-state index in [9.17, 15) is 13.2 Å². The third-order valence-electron chi connectivity index (χ3n) is 1.95. The van der Waals surface area contributed by atoms with Crippen molar-refractivity contribution in [3.63, 3.8) is 0 Å². The molecule has 0 bridgehead atoms.